The summed E-state index contributed by atoms with van der Waals surface area (Å²) in [6.07, 6.45) is 0.948. The van der Waals surface area contributed by atoms with Crippen LogP contribution in [-0.4, -0.2) is 19.6 Å². The van der Waals surface area contributed by atoms with Crippen molar-refractivity contribution in [3.63, 3.8) is 0 Å². The minimum Gasteiger partial charge on any atom is -0.317 e. The van der Waals surface area contributed by atoms with E-state index in [2.05, 4.69) is 10.6 Å². The number of rotatable bonds is 7. The maximum atomic E-state index is 13.2. The Bertz CT molecular complexity index is 296. The van der Waals surface area contributed by atoms with E-state index < -0.39 is 11.6 Å². The third-order valence-corrected chi connectivity index (χ3v) is 2.32. The van der Waals surface area contributed by atoms with E-state index in [0.29, 0.717) is 0 Å². The smallest absolute Gasteiger partial charge is 0.130 e. The molecule has 0 fully saturated rings. The molecule has 1 rings (SSSR count). The van der Waals surface area contributed by atoms with Gasteiger partial charge in [0, 0.05) is 12.1 Å². The third-order valence-electron chi connectivity index (χ3n) is 2.32. The summed E-state index contributed by atoms with van der Waals surface area (Å²) in [5.74, 6) is -0.974. The lowest BCUT2D eigenvalue weighted by Crippen LogP contribution is -2.22. The number of nitrogens with one attached hydrogen (secondary N) is 2. The van der Waals surface area contributed by atoms with E-state index in [0.717, 1.165) is 26.1 Å². The van der Waals surface area contributed by atoms with Crippen molar-refractivity contribution in [3.05, 3.63) is 35.4 Å². The van der Waals surface area contributed by atoms with E-state index in [1.807, 2.05) is 6.92 Å². The zero-order valence-electron chi connectivity index (χ0n) is 9.52. The first-order valence-corrected chi connectivity index (χ1v) is 5.60. The van der Waals surface area contributed by atoms with Crippen LogP contribution >= 0.6 is 0 Å². The Morgan fingerprint density at radius 1 is 1.06 bits per heavy atom. The highest BCUT2D eigenvalue weighted by Crippen LogP contribution is 2.11. The average molecular weight is 228 g/mol. The molecule has 0 unspecified atom stereocenters. The van der Waals surface area contributed by atoms with Crippen molar-refractivity contribution in [2.45, 2.75) is 19.9 Å². The predicted octanol–water partition coefficient (Wildman–Crippen LogP) is 2.05. The van der Waals surface area contributed by atoms with Crippen LogP contribution < -0.4 is 10.6 Å². The fourth-order valence-corrected chi connectivity index (χ4v) is 1.43. The van der Waals surface area contributed by atoms with E-state index >= 15 is 0 Å². The van der Waals surface area contributed by atoms with Crippen LogP contribution in [0.25, 0.3) is 0 Å². The van der Waals surface area contributed by atoms with Crippen molar-refractivity contribution in [3.8, 4) is 0 Å². The lowest BCUT2D eigenvalue weighted by atomic mass is 10.2. The van der Waals surface area contributed by atoms with Gasteiger partial charge in [-0.3, -0.25) is 0 Å². The van der Waals surface area contributed by atoms with Gasteiger partial charge in [0.25, 0.3) is 0 Å². The molecule has 90 valence electrons. The van der Waals surface area contributed by atoms with Crippen molar-refractivity contribution in [1.82, 2.24) is 10.6 Å². The normalized spacial score (nSPS) is 10.7. The Kier molecular flexibility index (Phi) is 5.96. The quantitative estimate of drug-likeness (QED) is 0.698. The Balaban J connectivity index is 2.26. The maximum Gasteiger partial charge on any atom is 0.130 e. The van der Waals surface area contributed by atoms with E-state index in [9.17, 15) is 8.78 Å². The van der Waals surface area contributed by atoms with Gasteiger partial charge in [-0.2, -0.15) is 0 Å². The van der Waals surface area contributed by atoms with Crippen molar-refractivity contribution in [2.75, 3.05) is 19.6 Å². The van der Waals surface area contributed by atoms with Crippen LogP contribution in [0, 0.1) is 11.6 Å². The Morgan fingerprint density at radius 2 is 1.69 bits per heavy atom. The molecule has 0 aliphatic carbocycles. The van der Waals surface area contributed by atoms with E-state index in [-0.39, 0.29) is 12.1 Å². The molecule has 0 bridgehead atoms. The molecule has 0 aromatic heterocycles. The van der Waals surface area contributed by atoms with E-state index in [4.69, 9.17) is 0 Å². The summed E-state index contributed by atoms with van der Waals surface area (Å²) in [4.78, 5) is 0. The number of benzene rings is 1. The minimum atomic E-state index is -0.487. The number of hydrogen-bond donors (Lipinski definition) is 2. The molecule has 1 aromatic carbocycles. The van der Waals surface area contributed by atoms with E-state index in [1.54, 1.807) is 0 Å². The summed E-state index contributed by atoms with van der Waals surface area (Å²) in [6.45, 7) is 4.90. The zero-order chi connectivity index (χ0) is 11.8. The van der Waals surface area contributed by atoms with Crippen LogP contribution in [0.1, 0.15) is 18.9 Å². The van der Waals surface area contributed by atoms with Gasteiger partial charge >= 0.3 is 0 Å². The molecule has 1 aromatic rings. The van der Waals surface area contributed by atoms with Crippen LogP contribution in [-0.2, 0) is 6.54 Å². The van der Waals surface area contributed by atoms with Crippen molar-refractivity contribution < 1.29 is 8.78 Å². The fourth-order valence-electron chi connectivity index (χ4n) is 1.43. The molecule has 0 saturated carbocycles. The van der Waals surface area contributed by atoms with Crippen LogP contribution in [0.15, 0.2) is 18.2 Å². The van der Waals surface area contributed by atoms with Gasteiger partial charge in [-0.15, -0.1) is 0 Å². The molecular weight excluding hydrogens is 210 g/mol. The van der Waals surface area contributed by atoms with Crippen LogP contribution in [0.4, 0.5) is 8.78 Å². The molecule has 16 heavy (non-hydrogen) atoms. The first-order chi connectivity index (χ1) is 7.75. The molecule has 2 N–H and O–H groups in total. The minimum absolute atomic E-state index is 0.117. The van der Waals surface area contributed by atoms with Crippen LogP contribution in [0.2, 0.25) is 0 Å². The summed E-state index contributed by atoms with van der Waals surface area (Å²) in [7, 11) is 0. The highest BCUT2D eigenvalue weighted by Gasteiger charge is 2.06. The zero-order valence-corrected chi connectivity index (χ0v) is 9.52. The highest BCUT2D eigenvalue weighted by atomic mass is 19.1. The highest BCUT2D eigenvalue weighted by molar-refractivity contribution is 5.19. The molecule has 0 saturated heterocycles. The lowest BCUT2D eigenvalue weighted by molar-refractivity contribution is 0.529. The van der Waals surface area contributed by atoms with Gasteiger partial charge in [0.15, 0.2) is 0 Å². The molecule has 0 aliphatic heterocycles. The maximum absolute atomic E-state index is 13.2. The second-order valence-corrected chi connectivity index (χ2v) is 3.58. The summed E-state index contributed by atoms with van der Waals surface area (Å²) >= 11 is 0. The summed E-state index contributed by atoms with van der Waals surface area (Å²) in [6, 6.07) is 3.93. The summed E-state index contributed by atoms with van der Waals surface area (Å²) < 4.78 is 26.4. The second kappa shape index (κ2) is 7.30. The van der Waals surface area contributed by atoms with Gasteiger partial charge in [0.2, 0.25) is 0 Å². The molecular formula is C12H18F2N2. The van der Waals surface area contributed by atoms with Gasteiger partial charge in [0.05, 0.1) is 0 Å². The van der Waals surface area contributed by atoms with Crippen molar-refractivity contribution in [2.24, 2.45) is 0 Å². The third kappa shape index (κ3) is 4.24. The standard InChI is InChI=1S/C12H18F2N2/c1-2-15-7-4-8-16-9-10-11(13)5-3-6-12(10)14/h3,5-6,15-16H,2,4,7-9H2,1H3. The topological polar surface area (TPSA) is 24.1 Å². The van der Waals surface area contributed by atoms with Gasteiger partial charge in [-0.25, -0.2) is 8.78 Å². The molecule has 0 aliphatic rings. The predicted molar refractivity (Wildman–Crippen MR) is 61.2 cm³/mol. The molecule has 0 spiro atoms. The fraction of sp³-hybridized carbons (Fsp3) is 0.500. The van der Waals surface area contributed by atoms with Gasteiger partial charge < -0.3 is 10.6 Å². The van der Waals surface area contributed by atoms with Crippen LogP contribution in [0.5, 0.6) is 0 Å². The molecule has 0 atom stereocenters. The van der Waals surface area contributed by atoms with Gasteiger partial charge in [-0.05, 0) is 38.2 Å². The Hall–Kier alpha value is -1.00. The van der Waals surface area contributed by atoms with Crippen LogP contribution in [0.3, 0.4) is 0 Å². The number of hydrogen-bond acceptors (Lipinski definition) is 2. The van der Waals surface area contributed by atoms with Gasteiger partial charge in [0.1, 0.15) is 11.6 Å². The molecule has 0 amide bonds. The largest absolute Gasteiger partial charge is 0.317 e. The lowest BCUT2D eigenvalue weighted by Gasteiger charge is -2.07. The SMILES string of the molecule is CCNCCCNCc1c(F)cccc1F. The average Bonchev–Trinajstić information content (AvgIpc) is 2.26. The van der Waals surface area contributed by atoms with Gasteiger partial charge in [-0.1, -0.05) is 13.0 Å². The Labute approximate surface area is 95.1 Å². The Morgan fingerprint density at radius 3 is 2.31 bits per heavy atom. The van der Waals surface area contributed by atoms with Crippen molar-refractivity contribution in [1.29, 1.82) is 0 Å². The monoisotopic (exact) mass is 228 g/mol. The second-order valence-electron chi connectivity index (χ2n) is 3.58. The first-order valence-electron chi connectivity index (χ1n) is 5.60. The molecule has 2 nitrogen and oxygen atoms in total. The molecule has 0 heterocycles. The summed E-state index contributed by atoms with van der Waals surface area (Å²) in [5.41, 5.74) is 0.117. The first kappa shape index (κ1) is 13.1. The van der Waals surface area contributed by atoms with E-state index in [1.165, 1.54) is 18.2 Å². The molecule has 4 heteroatoms. The van der Waals surface area contributed by atoms with Crippen molar-refractivity contribution >= 4 is 0 Å². The number of halogens is 2. The summed E-state index contributed by atoms with van der Waals surface area (Å²) in [5, 5.41) is 6.20. The molecule has 0 radical (unpaired) electrons.